The van der Waals surface area contributed by atoms with Gasteiger partial charge in [-0.1, -0.05) is 18.2 Å². The van der Waals surface area contributed by atoms with Crippen molar-refractivity contribution in [2.45, 2.75) is 6.61 Å². The minimum Gasteiger partial charge on any atom is -0.488 e. The summed E-state index contributed by atoms with van der Waals surface area (Å²) in [5.41, 5.74) is 1.29. The van der Waals surface area contributed by atoms with Gasteiger partial charge in [-0.05, 0) is 41.6 Å². The number of ether oxygens (including phenoxy) is 2. The normalized spacial score (nSPS) is 14.8. The number of hydrogen-bond acceptors (Lipinski definition) is 8. The summed E-state index contributed by atoms with van der Waals surface area (Å²) in [6.45, 7) is -0.288. The largest absolute Gasteiger partial charge is 0.488 e. The van der Waals surface area contributed by atoms with Gasteiger partial charge < -0.3 is 9.47 Å². The summed E-state index contributed by atoms with van der Waals surface area (Å²) in [7, 11) is 1.18. The number of nitrogens with zero attached hydrogens (tertiary/aromatic N) is 2. The molecule has 1 heterocycles. The van der Waals surface area contributed by atoms with Crippen LogP contribution in [0.4, 0.5) is 10.5 Å². The van der Waals surface area contributed by atoms with E-state index in [2.05, 4.69) is 4.74 Å². The molecule has 2 aromatic carbocycles. The zero-order valence-corrected chi connectivity index (χ0v) is 16.6. The predicted octanol–water partition coefficient (Wildman–Crippen LogP) is 3.38. The van der Waals surface area contributed by atoms with Crippen molar-refractivity contribution in [1.29, 1.82) is 0 Å². The molecule has 2 aromatic rings. The summed E-state index contributed by atoms with van der Waals surface area (Å²) in [5, 5.41) is 10.2. The quantitative estimate of drug-likeness (QED) is 0.285. The lowest BCUT2D eigenvalue weighted by molar-refractivity contribution is -0.384. The van der Waals surface area contributed by atoms with Gasteiger partial charge in [-0.25, -0.2) is 0 Å². The monoisotopic (exact) mass is 428 g/mol. The number of carbonyl (C=O) groups excluding carboxylic acids is 3. The van der Waals surface area contributed by atoms with E-state index in [1.807, 2.05) is 0 Å². The minimum atomic E-state index is -0.689. The van der Waals surface area contributed by atoms with Gasteiger partial charge in [-0.15, -0.1) is 0 Å². The van der Waals surface area contributed by atoms with E-state index < -0.39 is 28.6 Å². The van der Waals surface area contributed by atoms with E-state index in [0.29, 0.717) is 11.3 Å². The summed E-state index contributed by atoms with van der Waals surface area (Å²) >= 11 is 0.728. The van der Waals surface area contributed by atoms with E-state index in [-0.39, 0.29) is 17.2 Å². The topological polar surface area (TPSA) is 116 Å². The van der Waals surface area contributed by atoms with E-state index in [9.17, 15) is 24.5 Å². The van der Waals surface area contributed by atoms with Gasteiger partial charge >= 0.3 is 5.97 Å². The van der Waals surface area contributed by atoms with Crippen LogP contribution in [-0.4, -0.2) is 40.6 Å². The molecule has 0 N–H and O–H groups in total. The summed E-state index contributed by atoms with van der Waals surface area (Å²) in [6, 6.07) is 12.9. The summed E-state index contributed by atoms with van der Waals surface area (Å²) in [4.78, 5) is 47.2. The van der Waals surface area contributed by atoms with Crippen molar-refractivity contribution in [1.82, 2.24) is 4.90 Å². The fraction of sp³-hybridized carbons (Fsp3) is 0.150. The van der Waals surface area contributed by atoms with E-state index >= 15 is 0 Å². The molecule has 0 aromatic heterocycles. The first-order valence-corrected chi connectivity index (χ1v) is 9.48. The lowest BCUT2D eigenvalue weighted by Gasteiger charge is -2.10. The van der Waals surface area contributed by atoms with E-state index in [4.69, 9.17) is 4.74 Å². The molecule has 2 amide bonds. The molecule has 0 bridgehead atoms. The van der Waals surface area contributed by atoms with Crippen molar-refractivity contribution < 1.29 is 28.8 Å². The highest BCUT2D eigenvalue weighted by molar-refractivity contribution is 8.18. The van der Waals surface area contributed by atoms with Gasteiger partial charge in [0.05, 0.1) is 16.9 Å². The Morgan fingerprint density at radius 2 is 1.87 bits per heavy atom. The first kappa shape index (κ1) is 21.1. The number of nitro groups is 1. The standard InChI is InChI=1S/C20H16N2O7S/c1-28-18(23)11-21-19(24)17(30-20(21)25)10-14-4-2-3-5-16(14)29-12-13-6-8-15(9-7-13)22(26)27/h2-10H,11-12H2,1H3/b17-10-. The van der Waals surface area contributed by atoms with Crippen molar-refractivity contribution in [3.63, 3.8) is 0 Å². The Balaban J connectivity index is 1.75. The SMILES string of the molecule is COC(=O)CN1C(=O)S/C(=C\c2ccccc2OCc2ccc([N+](=O)[O-])cc2)C1=O. The third-order valence-corrected chi connectivity index (χ3v) is 5.04. The first-order valence-electron chi connectivity index (χ1n) is 8.66. The maximum atomic E-state index is 12.5. The van der Waals surface area contributed by atoms with Crippen LogP contribution < -0.4 is 4.74 Å². The van der Waals surface area contributed by atoms with E-state index in [1.54, 1.807) is 36.4 Å². The molecular weight excluding hydrogens is 412 g/mol. The summed E-state index contributed by atoms with van der Waals surface area (Å²) in [5.74, 6) is -0.804. The van der Waals surface area contributed by atoms with Crippen LogP contribution >= 0.6 is 11.8 Å². The molecule has 1 fully saturated rings. The average Bonchev–Trinajstić information content (AvgIpc) is 3.00. The smallest absolute Gasteiger partial charge is 0.325 e. The van der Waals surface area contributed by atoms with Gasteiger partial charge in [0.1, 0.15) is 18.9 Å². The third-order valence-electron chi connectivity index (χ3n) is 4.14. The Morgan fingerprint density at radius 3 is 2.53 bits per heavy atom. The number of nitro benzene ring substituents is 1. The van der Waals surface area contributed by atoms with Crippen LogP contribution in [0.5, 0.6) is 5.75 Å². The van der Waals surface area contributed by atoms with E-state index in [0.717, 1.165) is 22.2 Å². The zero-order valence-electron chi connectivity index (χ0n) is 15.8. The molecule has 9 nitrogen and oxygen atoms in total. The van der Waals surface area contributed by atoms with Crippen molar-refractivity contribution in [2.75, 3.05) is 13.7 Å². The Hall–Kier alpha value is -3.66. The number of non-ortho nitro benzene ring substituents is 1. The van der Waals surface area contributed by atoms with Gasteiger partial charge in [-0.2, -0.15) is 0 Å². The molecule has 3 rings (SSSR count). The average molecular weight is 428 g/mol. The molecule has 0 radical (unpaired) electrons. The molecule has 1 aliphatic rings. The van der Waals surface area contributed by atoms with Crippen molar-refractivity contribution in [3.05, 3.63) is 74.7 Å². The molecule has 1 saturated heterocycles. The maximum absolute atomic E-state index is 12.5. The zero-order chi connectivity index (χ0) is 21.7. The van der Waals surface area contributed by atoms with Crippen LogP contribution in [0.3, 0.4) is 0 Å². The van der Waals surface area contributed by atoms with Crippen molar-refractivity contribution >= 4 is 40.6 Å². The highest BCUT2D eigenvalue weighted by Crippen LogP contribution is 2.34. The number of carbonyl (C=O) groups is 3. The van der Waals surface area contributed by atoms with Gasteiger partial charge in [0.2, 0.25) is 0 Å². The highest BCUT2D eigenvalue weighted by atomic mass is 32.2. The third kappa shape index (κ3) is 4.84. The Kier molecular flexibility index (Phi) is 6.48. The summed E-state index contributed by atoms with van der Waals surface area (Å²) in [6.07, 6.45) is 1.52. The lowest BCUT2D eigenvalue weighted by Crippen LogP contribution is -2.34. The number of thioether (sulfide) groups is 1. The van der Waals surface area contributed by atoms with Crippen LogP contribution in [0, 0.1) is 10.1 Å². The van der Waals surface area contributed by atoms with Crippen LogP contribution in [0.15, 0.2) is 53.4 Å². The van der Waals surface area contributed by atoms with Crippen LogP contribution in [0.1, 0.15) is 11.1 Å². The number of methoxy groups -OCH3 is 1. The van der Waals surface area contributed by atoms with Gasteiger partial charge in [0.15, 0.2) is 0 Å². The molecule has 0 spiro atoms. The number of rotatable bonds is 7. The Bertz CT molecular complexity index is 1030. The highest BCUT2D eigenvalue weighted by Gasteiger charge is 2.36. The Labute approximate surface area is 175 Å². The molecule has 1 aliphatic heterocycles. The number of amides is 2. The predicted molar refractivity (Wildman–Crippen MR) is 109 cm³/mol. The molecule has 0 saturated carbocycles. The van der Waals surface area contributed by atoms with Gasteiger partial charge in [0.25, 0.3) is 16.8 Å². The van der Waals surface area contributed by atoms with Crippen molar-refractivity contribution in [2.24, 2.45) is 0 Å². The molecule has 0 unspecified atom stereocenters. The molecule has 0 aliphatic carbocycles. The fourth-order valence-electron chi connectivity index (χ4n) is 2.58. The first-order chi connectivity index (χ1) is 14.4. The number of para-hydroxylation sites is 1. The second kappa shape index (κ2) is 9.23. The van der Waals surface area contributed by atoms with E-state index in [1.165, 1.54) is 25.3 Å². The van der Waals surface area contributed by atoms with Crippen LogP contribution in [-0.2, 0) is 20.9 Å². The molecule has 30 heavy (non-hydrogen) atoms. The lowest BCUT2D eigenvalue weighted by atomic mass is 10.1. The summed E-state index contributed by atoms with van der Waals surface area (Å²) < 4.78 is 10.3. The van der Waals surface area contributed by atoms with Crippen LogP contribution in [0.25, 0.3) is 6.08 Å². The molecule has 10 heteroatoms. The number of benzene rings is 2. The van der Waals surface area contributed by atoms with Gasteiger partial charge in [0, 0.05) is 17.7 Å². The van der Waals surface area contributed by atoms with Gasteiger partial charge in [-0.3, -0.25) is 29.4 Å². The second-order valence-electron chi connectivity index (χ2n) is 6.09. The van der Waals surface area contributed by atoms with Crippen LogP contribution in [0.2, 0.25) is 0 Å². The molecule has 0 atom stereocenters. The Morgan fingerprint density at radius 1 is 1.17 bits per heavy atom. The van der Waals surface area contributed by atoms with Crippen molar-refractivity contribution in [3.8, 4) is 5.75 Å². The minimum absolute atomic E-state index is 0.0122. The fourth-order valence-corrected chi connectivity index (χ4v) is 3.41. The second-order valence-corrected chi connectivity index (χ2v) is 7.09. The number of esters is 1. The number of hydrogen-bond donors (Lipinski definition) is 0. The molecule has 154 valence electrons. The molecular formula is C20H16N2O7S. The number of imide groups is 1. The maximum Gasteiger partial charge on any atom is 0.325 e.